The average molecular weight is 242 g/mol. The van der Waals surface area contributed by atoms with Crippen molar-refractivity contribution in [2.45, 2.75) is 25.3 Å². The molecule has 1 fully saturated rings. The van der Waals surface area contributed by atoms with Gasteiger partial charge in [-0.3, -0.25) is 0 Å². The van der Waals surface area contributed by atoms with E-state index in [9.17, 15) is 0 Å². The van der Waals surface area contributed by atoms with Gasteiger partial charge >= 0.3 is 0 Å². The van der Waals surface area contributed by atoms with Gasteiger partial charge < -0.3 is 5.11 Å². The molecule has 2 N–H and O–H groups in total. The summed E-state index contributed by atoms with van der Waals surface area (Å²) in [5, 5.41) is 7.18. The molecule has 0 amide bonds. The Kier molecular flexibility index (Phi) is 3.21. The van der Waals surface area contributed by atoms with Crippen LogP contribution in [0.4, 0.5) is 0 Å². The SMILES string of the molecule is [OH2+]CC1CCCCN1I. The summed E-state index contributed by atoms with van der Waals surface area (Å²) >= 11 is 2.33. The normalized spacial score (nSPS) is 30.7. The monoisotopic (exact) mass is 242 g/mol. The van der Waals surface area contributed by atoms with Crippen molar-refractivity contribution in [3.8, 4) is 0 Å². The van der Waals surface area contributed by atoms with Gasteiger partial charge in [0.25, 0.3) is 0 Å². The summed E-state index contributed by atoms with van der Waals surface area (Å²) in [6.45, 7) is 1.76. The minimum atomic E-state index is 0.541. The molecule has 9 heavy (non-hydrogen) atoms. The Labute approximate surface area is 69.7 Å². The van der Waals surface area contributed by atoms with Gasteiger partial charge in [0.2, 0.25) is 0 Å². The summed E-state index contributed by atoms with van der Waals surface area (Å²) in [4.78, 5) is 0. The molecule has 2 nitrogen and oxygen atoms in total. The van der Waals surface area contributed by atoms with E-state index in [0.717, 1.165) is 0 Å². The van der Waals surface area contributed by atoms with Crippen LogP contribution in [-0.2, 0) is 0 Å². The molecule has 0 radical (unpaired) electrons. The largest absolute Gasteiger partial charge is 0.444 e. The van der Waals surface area contributed by atoms with E-state index in [1.54, 1.807) is 0 Å². The van der Waals surface area contributed by atoms with E-state index in [-0.39, 0.29) is 0 Å². The highest BCUT2D eigenvalue weighted by molar-refractivity contribution is 14.1. The highest BCUT2D eigenvalue weighted by Gasteiger charge is 2.20. The zero-order chi connectivity index (χ0) is 6.69. The Balaban J connectivity index is 2.30. The fraction of sp³-hybridized carbons (Fsp3) is 1.00. The molecule has 1 heterocycles. The number of piperidine rings is 1. The molecule has 1 aliphatic heterocycles. The van der Waals surface area contributed by atoms with Gasteiger partial charge in [0.1, 0.15) is 0 Å². The van der Waals surface area contributed by atoms with Crippen LogP contribution in [0.3, 0.4) is 0 Å². The van der Waals surface area contributed by atoms with E-state index >= 15 is 0 Å². The van der Waals surface area contributed by atoms with Crippen LogP contribution in [0, 0.1) is 0 Å². The third-order valence-electron chi connectivity index (χ3n) is 1.79. The molecule has 1 rings (SSSR count). The second kappa shape index (κ2) is 3.73. The zero-order valence-corrected chi connectivity index (χ0v) is 7.60. The lowest BCUT2D eigenvalue weighted by Gasteiger charge is -2.26. The van der Waals surface area contributed by atoms with Crippen molar-refractivity contribution in [2.75, 3.05) is 13.2 Å². The molecule has 0 bridgehead atoms. The molecule has 0 aromatic carbocycles. The average Bonchev–Trinajstić information content (AvgIpc) is 1.89. The van der Waals surface area contributed by atoms with Crippen LogP contribution in [-0.4, -0.2) is 27.4 Å². The Morgan fingerprint density at radius 3 is 2.78 bits per heavy atom. The molecule has 1 unspecified atom stereocenters. The molecule has 54 valence electrons. The van der Waals surface area contributed by atoms with Crippen molar-refractivity contribution in [3.63, 3.8) is 0 Å². The summed E-state index contributed by atoms with van der Waals surface area (Å²) in [5.41, 5.74) is 0. The van der Waals surface area contributed by atoms with Crippen LogP contribution in [0.15, 0.2) is 0 Å². The number of rotatable bonds is 1. The maximum atomic E-state index is 7.18. The first-order valence-electron chi connectivity index (χ1n) is 3.41. The summed E-state index contributed by atoms with van der Waals surface area (Å²) in [6, 6.07) is 0.541. The molecule has 3 heteroatoms. The number of hydrogen-bond acceptors (Lipinski definition) is 1. The molecular weight excluding hydrogens is 229 g/mol. The third kappa shape index (κ3) is 2.05. The van der Waals surface area contributed by atoms with Crippen LogP contribution >= 0.6 is 22.9 Å². The predicted molar refractivity (Wildman–Crippen MR) is 46.8 cm³/mol. The third-order valence-corrected chi connectivity index (χ3v) is 3.06. The highest BCUT2D eigenvalue weighted by atomic mass is 127. The summed E-state index contributed by atoms with van der Waals surface area (Å²) in [7, 11) is 0. The van der Waals surface area contributed by atoms with E-state index in [1.165, 1.54) is 25.8 Å². The fourth-order valence-corrected chi connectivity index (χ4v) is 1.98. The maximum Gasteiger partial charge on any atom is 0.160 e. The van der Waals surface area contributed by atoms with Crippen molar-refractivity contribution >= 4 is 22.9 Å². The molecule has 0 saturated carbocycles. The Hall–Kier alpha value is 0.650. The molecule has 0 aromatic heterocycles. The molecule has 1 atom stereocenters. The maximum absolute atomic E-state index is 7.18. The first-order valence-corrected chi connectivity index (χ1v) is 4.38. The van der Waals surface area contributed by atoms with E-state index in [4.69, 9.17) is 5.11 Å². The Morgan fingerprint density at radius 2 is 2.33 bits per heavy atom. The first-order chi connectivity index (χ1) is 4.34. The lowest BCUT2D eigenvalue weighted by Crippen LogP contribution is -2.34. The standard InChI is InChI=1S/C6H12INO/c7-8-4-2-1-3-6(8)5-9/h6,9H,1-5H2/p+1. The predicted octanol–water partition coefficient (Wildman–Crippen LogP) is 0.916. The minimum Gasteiger partial charge on any atom is -0.444 e. The fourth-order valence-electron chi connectivity index (χ4n) is 1.17. The van der Waals surface area contributed by atoms with Crippen LogP contribution in [0.25, 0.3) is 0 Å². The summed E-state index contributed by atoms with van der Waals surface area (Å²) in [5.74, 6) is 0. The van der Waals surface area contributed by atoms with Gasteiger partial charge in [-0.05, 0) is 12.8 Å². The van der Waals surface area contributed by atoms with E-state index < -0.39 is 0 Å². The Bertz CT molecular complexity index is 89.1. The lowest BCUT2D eigenvalue weighted by atomic mass is 10.1. The smallest absolute Gasteiger partial charge is 0.160 e. The molecule has 0 aliphatic carbocycles. The molecule has 1 saturated heterocycles. The van der Waals surface area contributed by atoms with Crippen LogP contribution in [0.1, 0.15) is 19.3 Å². The number of nitrogens with zero attached hydrogens (tertiary/aromatic N) is 1. The van der Waals surface area contributed by atoms with Crippen molar-refractivity contribution in [2.24, 2.45) is 0 Å². The first kappa shape index (κ1) is 7.75. The second-order valence-electron chi connectivity index (χ2n) is 2.48. The van der Waals surface area contributed by atoms with Gasteiger partial charge in [0.15, 0.2) is 6.61 Å². The van der Waals surface area contributed by atoms with Gasteiger partial charge in [0, 0.05) is 29.4 Å². The van der Waals surface area contributed by atoms with Crippen LogP contribution < -0.4 is 0 Å². The molecule has 1 aliphatic rings. The van der Waals surface area contributed by atoms with Gasteiger partial charge in [0.05, 0.1) is 6.04 Å². The van der Waals surface area contributed by atoms with Crippen molar-refractivity contribution in [1.82, 2.24) is 3.11 Å². The summed E-state index contributed by atoms with van der Waals surface area (Å²) < 4.78 is 2.27. The van der Waals surface area contributed by atoms with Crippen LogP contribution in [0.2, 0.25) is 0 Å². The minimum absolute atomic E-state index is 0.541. The van der Waals surface area contributed by atoms with Crippen LogP contribution in [0.5, 0.6) is 0 Å². The van der Waals surface area contributed by atoms with Gasteiger partial charge in [-0.1, -0.05) is 6.42 Å². The van der Waals surface area contributed by atoms with Gasteiger partial charge in [-0.25, -0.2) is 3.11 Å². The highest BCUT2D eigenvalue weighted by Crippen LogP contribution is 2.19. The lowest BCUT2D eigenvalue weighted by molar-refractivity contribution is 0.176. The number of hydrogen-bond donors (Lipinski definition) is 0. The van der Waals surface area contributed by atoms with E-state index in [2.05, 4.69) is 26.0 Å². The zero-order valence-electron chi connectivity index (χ0n) is 5.44. The number of halogens is 1. The van der Waals surface area contributed by atoms with Crippen molar-refractivity contribution in [1.29, 1.82) is 0 Å². The molecule has 0 spiro atoms. The van der Waals surface area contributed by atoms with E-state index in [1.807, 2.05) is 0 Å². The van der Waals surface area contributed by atoms with E-state index in [0.29, 0.717) is 12.6 Å². The van der Waals surface area contributed by atoms with Crippen molar-refractivity contribution in [3.05, 3.63) is 0 Å². The second-order valence-corrected chi connectivity index (χ2v) is 3.72. The van der Waals surface area contributed by atoms with Gasteiger partial charge in [-0.2, -0.15) is 0 Å². The Morgan fingerprint density at radius 1 is 1.56 bits per heavy atom. The quantitative estimate of drug-likeness (QED) is 0.381. The topological polar surface area (TPSA) is 26.1 Å². The van der Waals surface area contributed by atoms with Crippen molar-refractivity contribution < 1.29 is 5.11 Å². The summed E-state index contributed by atoms with van der Waals surface area (Å²) in [6.07, 6.45) is 3.87. The molecular formula is C6H13INO+. The van der Waals surface area contributed by atoms with Gasteiger partial charge in [-0.15, -0.1) is 0 Å². The molecule has 0 aromatic rings.